The van der Waals surface area contributed by atoms with Crippen LogP contribution in [0.4, 0.5) is 0 Å². The van der Waals surface area contributed by atoms with Gasteiger partial charge in [0.05, 0.1) is 18.3 Å². The highest BCUT2D eigenvalue weighted by Crippen LogP contribution is 2.37. The number of β-amino-alcohol motifs (C(OH)–C–C–N with tert-alkyl or cyclic N) is 1. The summed E-state index contributed by atoms with van der Waals surface area (Å²) in [7, 11) is 0. The molecule has 2 aromatic heterocycles. The minimum atomic E-state index is -0.131. The molecule has 1 aromatic carbocycles. The van der Waals surface area contributed by atoms with Crippen LogP contribution in [0.25, 0.3) is 10.9 Å². The van der Waals surface area contributed by atoms with E-state index in [-0.39, 0.29) is 18.4 Å². The quantitative estimate of drug-likeness (QED) is 0.722. The number of aromatic hydroxyl groups is 1. The van der Waals surface area contributed by atoms with Gasteiger partial charge in [-0.2, -0.15) is 0 Å². The number of rotatable bonds is 5. The van der Waals surface area contributed by atoms with Crippen LogP contribution in [0.5, 0.6) is 5.75 Å². The summed E-state index contributed by atoms with van der Waals surface area (Å²) in [6.07, 6.45) is 3.50. The summed E-state index contributed by atoms with van der Waals surface area (Å²) in [5.74, 6) is 0.224. The van der Waals surface area contributed by atoms with Crippen LogP contribution >= 0.6 is 0 Å². The molecule has 1 saturated heterocycles. The zero-order valence-corrected chi connectivity index (χ0v) is 15.2. The molecular weight excluding hydrogens is 340 g/mol. The van der Waals surface area contributed by atoms with Gasteiger partial charge >= 0.3 is 0 Å². The number of nitrogens with zero attached hydrogens (tertiary/aromatic N) is 4. The Bertz CT molecular complexity index is 895. The van der Waals surface area contributed by atoms with E-state index < -0.39 is 0 Å². The standard InChI is InChI=1S/C21H24N4O2/c26-15-14-24-10-12-25(13-11-24)20(18-5-1-2-8-22-18)17-7-6-16-4-3-9-23-19(16)21(17)27/h1-9,20,26-27H,10-15H2. The first-order valence-corrected chi connectivity index (χ1v) is 9.32. The fourth-order valence-corrected chi connectivity index (χ4v) is 3.83. The summed E-state index contributed by atoms with van der Waals surface area (Å²) < 4.78 is 0. The molecule has 27 heavy (non-hydrogen) atoms. The van der Waals surface area contributed by atoms with Crippen molar-refractivity contribution in [3.05, 3.63) is 66.1 Å². The Hall–Kier alpha value is -2.54. The van der Waals surface area contributed by atoms with Gasteiger partial charge in [-0.15, -0.1) is 0 Å². The number of piperazine rings is 1. The number of pyridine rings is 2. The number of aromatic nitrogens is 2. The molecule has 1 fully saturated rings. The van der Waals surface area contributed by atoms with Crippen molar-refractivity contribution < 1.29 is 10.2 Å². The summed E-state index contributed by atoms with van der Waals surface area (Å²) in [5.41, 5.74) is 2.36. The Balaban J connectivity index is 1.73. The van der Waals surface area contributed by atoms with Crippen molar-refractivity contribution in [1.82, 2.24) is 19.8 Å². The lowest BCUT2D eigenvalue weighted by molar-refractivity contribution is 0.0927. The lowest BCUT2D eigenvalue weighted by atomic mass is 9.97. The van der Waals surface area contributed by atoms with Gasteiger partial charge in [0.1, 0.15) is 11.3 Å². The summed E-state index contributed by atoms with van der Waals surface area (Å²) >= 11 is 0. The van der Waals surface area contributed by atoms with Crippen molar-refractivity contribution in [2.75, 3.05) is 39.3 Å². The van der Waals surface area contributed by atoms with E-state index in [4.69, 9.17) is 0 Å². The van der Waals surface area contributed by atoms with Crippen molar-refractivity contribution in [1.29, 1.82) is 0 Å². The van der Waals surface area contributed by atoms with Gasteiger partial charge in [0.25, 0.3) is 0 Å². The Morgan fingerprint density at radius 1 is 0.926 bits per heavy atom. The number of aliphatic hydroxyl groups excluding tert-OH is 1. The normalized spacial score (nSPS) is 17.2. The maximum atomic E-state index is 11.0. The second-order valence-corrected chi connectivity index (χ2v) is 6.84. The van der Waals surface area contributed by atoms with Gasteiger partial charge in [-0.25, -0.2) is 0 Å². The van der Waals surface area contributed by atoms with Crippen LogP contribution in [0.2, 0.25) is 0 Å². The first-order chi connectivity index (χ1) is 13.3. The van der Waals surface area contributed by atoms with E-state index in [0.717, 1.165) is 42.8 Å². The highest BCUT2D eigenvalue weighted by molar-refractivity contribution is 5.85. The molecule has 6 heteroatoms. The molecular formula is C21H24N4O2. The molecule has 0 aliphatic carbocycles. The topological polar surface area (TPSA) is 72.7 Å². The summed E-state index contributed by atoms with van der Waals surface area (Å²) in [5, 5.41) is 21.1. The third kappa shape index (κ3) is 3.64. The van der Waals surface area contributed by atoms with Gasteiger partial charge in [0, 0.05) is 56.1 Å². The highest BCUT2D eigenvalue weighted by Gasteiger charge is 2.29. The van der Waals surface area contributed by atoms with Crippen molar-refractivity contribution in [3.8, 4) is 5.75 Å². The lowest BCUT2D eigenvalue weighted by Gasteiger charge is -2.39. The molecule has 0 bridgehead atoms. The minimum Gasteiger partial charge on any atom is -0.505 e. The van der Waals surface area contributed by atoms with Crippen LogP contribution in [-0.2, 0) is 0 Å². The van der Waals surface area contributed by atoms with Crippen LogP contribution in [0.3, 0.4) is 0 Å². The van der Waals surface area contributed by atoms with Gasteiger partial charge in [-0.05, 0) is 18.2 Å². The third-order valence-corrected chi connectivity index (χ3v) is 5.23. The van der Waals surface area contributed by atoms with Crippen LogP contribution in [-0.4, -0.2) is 69.3 Å². The maximum absolute atomic E-state index is 11.0. The molecule has 0 radical (unpaired) electrons. The number of hydrogen-bond donors (Lipinski definition) is 2. The number of phenols is 1. The second kappa shape index (κ2) is 8.00. The molecule has 4 rings (SSSR count). The van der Waals surface area contributed by atoms with E-state index in [1.807, 2.05) is 42.5 Å². The smallest absolute Gasteiger partial charge is 0.146 e. The second-order valence-electron chi connectivity index (χ2n) is 6.84. The molecule has 3 heterocycles. The number of phenolic OH excluding ortho intramolecular Hbond substituents is 1. The molecule has 0 saturated carbocycles. The minimum absolute atomic E-state index is 0.131. The van der Waals surface area contributed by atoms with Gasteiger partial charge < -0.3 is 10.2 Å². The Labute approximate surface area is 158 Å². The van der Waals surface area contributed by atoms with E-state index in [2.05, 4.69) is 19.8 Å². The third-order valence-electron chi connectivity index (χ3n) is 5.23. The molecule has 1 atom stereocenters. The van der Waals surface area contributed by atoms with Crippen molar-refractivity contribution >= 4 is 10.9 Å². The first kappa shape index (κ1) is 17.9. The number of aliphatic hydroxyl groups is 1. The predicted molar refractivity (Wildman–Crippen MR) is 105 cm³/mol. The van der Waals surface area contributed by atoms with Crippen molar-refractivity contribution in [3.63, 3.8) is 0 Å². The molecule has 2 N–H and O–H groups in total. The van der Waals surface area contributed by atoms with Crippen LogP contribution in [0.15, 0.2) is 54.9 Å². The van der Waals surface area contributed by atoms with Crippen LogP contribution in [0, 0.1) is 0 Å². The van der Waals surface area contributed by atoms with Gasteiger partial charge in [0.15, 0.2) is 0 Å². The molecule has 3 aromatic rings. The van der Waals surface area contributed by atoms with Crippen molar-refractivity contribution in [2.24, 2.45) is 0 Å². The lowest BCUT2D eigenvalue weighted by Crippen LogP contribution is -2.48. The zero-order valence-electron chi connectivity index (χ0n) is 15.2. The molecule has 140 valence electrons. The van der Waals surface area contributed by atoms with Gasteiger partial charge in [-0.3, -0.25) is 19.8 Å². The Morgan fingerprint density at radius 2 is 1.74 bits per heavy atom. The summed E-state index contributed by atoms with van der Waals surface area (Å²) in [6, 6.07) is 13.6. The van der Waals surface area contributed by atoms with Gasteiger partial charge in [-0.1, -0.05) is 24.3 Å². The van der Waals surface area contributed by atoms with Crippen LogP contribution < -0.4 is 0 Å². The average molecular weight is 364 g/mol. The molecule has 1 aliphatic rings. The SMILES string of the molecule is OCCN1CCN(C(c2ccccn2)c2ccc3cccnc3c2O)CC1. The van der Waals surface area contributed by atoms with Crippen molar-refractivity contribution in [2.45, 2.75) is 6.04 Å². The Kier molecular flexibility index (Phi) is 5.29. The molecule has 1 unspecified atom stereocenters. The number of benzene rings is 1. The number of hydrogen-bond acceptors (Lipinski definition) is 6. The largest absolute Gasteiger partial charge is 0.505 e. The van der Waals surface area contributed by atoms with E-state index in [1.165, 1.54) is 0 Å². The number of fused-ring (bicyclic) bond motifs is 1. The fourth-order valence-electron chi connectivity index (χ4n) is 3.83. The summed E-state index contributed by atoms with van der Waals surface area (Å²) in [6.45, 7) is 4.35. The molecule has 6 nitrogen and oxygen atoms in total. The van der Waals surface area contributed by atoms with E-state index in [0.29, 0.717) is 12.1 Å². The highest BCUT2D eigenvalue weighted by atomic mass is 16.3. The van der Waals surface area contributed by atoms with E-state index in [1.54, 1.807) is 12.4 Å². The van der Waals surface area contributed by atoms with Crippen LogP contribution in [0.1, 0.15) is 17.3 Å². The summed E-state index contributed by atoms with van der Waals surface area (Å²) in [4.78, 5) is 13.6. The monoisotopic (exact) mass is 364 g/mol. The average Bonchev–Trinajstić information content (AvgIpc) is 2.72. The molecule has 1 aliphatic heterocycles. The first-order valence-electron chi connectivity index (χ1n) is 9.32. The van der Waals surface area contributed by atoms with E-state index in [9.17, 15) is 10.2 Å². The fraction of sp³-hybridized carbons (Fsp3) is 0.333. The maximum Gasteiger partial charge on any atom is 0.146 e. The predicted octanol–water partition coefficient (Wildman–Crippen LogP) is 2.03. The van der Waals surface area contributed by atoms with E-state index >= 15 is 0 Å². The Morgan fingerprint density at radius 3 is 2.48 bits per heavy atom. The van der Waals surface area contributed by atoms with Gasteiger partial charge in [0.2, 0.25) is 0 Å². The molecule has 0 spiro atoms. The zero-order chi connectivity index (χ0) is 18.6. The molecule has 0 amide bonds.